The fourth-order valence-electron chi connectivity index (χ4n) is 0.972. The lowest BCUT2D eigenvalue weighted by Gasteiger charge is -2.22. The predicted octanol–water partition coefficient (Wildman–Crippen LogP) is 2.45. The molecule has 0 aliphatic rings. The zero-order valence-electron chi connectivity index (χ0n) is 10.1. The van der Waals surface area contributed by atoms with E-state index in [-0.39, 0.29) is 5.92 Å². The lowest BCUT2D eigenvalue weighted by molar-refractivity contribution is 0.0503. The van der Waals surface area contributed by atoms with Crippen LogP contribution in [0.5, 0.6) is 0 Å². The summed E-state index contributed by atoms with van der Waals surface area (Å²) in [5.41, 5.74) is -0.528. The Morgan fingerprint density at radius 3 is 2.40 bits per heavy atom. The van der Waals surface area contributed by atoms with Crippen LogP contribution >= 0.6 is 0 Å². The second kappa shape index (κ2) is 5.59. The van der Waals surface area contributed by atoms with E-state index in [2.05, 4.69) is 11.4 Å². The number of hydrogen-bond donors (Lipinski definition) is 1. The third kappa shape index (κ3) is 5.95. The van der Waals surface area contributed by atoms with E-state index >= 15 is 0 Å². The summed E-state index contributed by atoms with van der Waals surface area (Å²) in [5, 5.41) is 11.4. The molecule has 0 aromatic carbocycles. The van der Waals surface area contributed by atoms with Crippen molar-refractivity contribution in [1.82, 2.24) is 5.32 Å². The standard InChI is InChI=1S/C11H20N2O2/c1-6-8(2)9(7-12)13-10(14)15-11(3,4)5/h8-9H,6H2,1-5H3,(H,13,14)/t8-,9+/m0/s1. The van der Waals surface area contributed by atoms with Gasteiger partial charge in [-0.25, -0.2) is 4.79 Å². The van der Waals surface area contributed by atoms with E-state index in [0.29, 0.717) is 0 Å². The Morgan fingerprint density at radius 1 is 1.53 bits per heavy atom. The molecule has 86 valence electrons. The zero-order chi connectivity index (χ0) is 12.1. The Kier molecular flexibility index (Phi) is 5.13. The van der Waals surface area contributed by atoms with Crippen molar-refractivity contribution in [2.45, 2.75) is 52.7 Å². The quantitative estimate of drug-likeness (QED) is 0.781. The average Bonchev–Trinajstić information content (AvgIpc) is 2.10. The van der Waals surface area contributed by atoms with E-state index in [1.54, 1.807) is 20.8 Å². The van der Waals surface area contributed by atoms with Gasteiger partial charge in [-0.15, -0.1) is 0 Å². The van der Waals surface area contributed by atoms with Gasteiger partial charge in [0.1, 0.15) is 11.6 Å². The normalized spacial score (nSPS) is 14.9. The SMILES string of the molecule is CC[C@H](C)[C@@H](C#N)NC(=O)OC(C)(C)C. The summed E-state index contributed by atoms with van der Waals surface area (Å²) in [6.07, 6.45) is 0.308. The maximum absolute atomic E-state index is 11.4. The van der Waals surface area contributed by atoms with Gasteiger partial charge in [0.05, 0.1) is 6.07 Å². The highest BCUT2D eigenvalue weighted by Gasteiger charge is 2.21. The molecular weight excluding hydrogens is 192 g/mol. The number of carbonyl (C=O) groups excluding carboxylic acids is 1. The highest BCUT2D eigenvalue weighted by molar-refractivity contribution is 5.68. The summed E-state index contributed by atoms with van der Waals surface area (Å²) in [6, 6.07) is 1.58. The molecule has 0 heterocycles. The van der Waals surface area contributed by atoms with Crippen molar-refractivity contribution in [3.05, 3.63) is 0 Å². The molecule has 0 rings (SSSR count). The molecule has 0 aliphatic carbocycles. The summed E-state index contributed by atoms with van der Waals surface area (Å²) in [6.45, 7) is 9.27. The van der Waals surface area contributed by atoms with Gasteiger partial charge in [0.25, 0.3) is 0 Å². The number of carbonyl (C=O) groups is 1. The van der Waals surface area contributed by atoms with E-state index in [1.807, 2.05) is 13.8 Å². The first kappa shape index (κ1) is 13.8. The van der Waals surface area contributed by atoms with Crippen molar-refractivity contribution in [1.29, 1.82) is 5.26 Å². The van der Waals surface area contributed by atoms with E-state index in [9.17, 15) is 4.79 Å². The van der Waals surface area contributed by atoms with Gasteiger partial charge in [0.2, 0.25) is 0 Å². The Hall–Kier alpha value is -1.24. The van der Waals surface area contributed by atoms with Crippen LogP contribution in [-0.4, -0.2) is 17.7 Å². The maximum Gasteiger partial charge on any atom is 0.408 e. The highest BCUT2D eigenvalue weighted by Crippen LogP contribution is 2.10. The van der Waals surface area contributed by atoms with Gasteiger partial charge in [0, 0.05) is 0 Å². The summed E-state index contributed by atoms with van der Waals surface area (Å²) >= 11 is 0. The number of nitriles is 1. The van der Waals surface area contributed by atoms with Gasteiger partial charge in [-0.2, -0.15) is 5.26 Å². The zero-order valence-corrected chi connectivity index (χ0v) is 10.1. The molecule has 0 aromatic heterocycles. The van der Waals surface area contributed by atoms with Crippen LogP contribution in [0, 0.1) is 17.2 Å². The summed E-state index contributed by atoms with van der Waals surface area (Å²) in [7, 11) is 0. The van der Waals surface area contributed by atoms with Crippen LogP contribution in [0.1, 0.15) is 41.0 Å². The van der Waals surface area contributed by atoms with Crippen LogP contribution in [0.25, 0.3) is 0 Å². The van der Waals surface area contributed by atoms with Crippen molar-refractivity contribution in [3.8, 4) is 6.07 Å². The van der Waals surface area contributed by atoms with Gasteiger partial charge in [0.15, 0.2) is 0 Å². The van der Waals surface area contributed by atoms with Crippen LogP contribution in [0.3, 0.4) is 0 Å². The summed E-state index contributed by atoms with van der Waals surface area (Å²) in [4.78, 5) is 11.4. The van der Waals surface area contributed by atoms with Crippen LogP contribution in [0.2, 0.25) is 0 Å². The Balaban J connectivity index is 4.21. The molecule has 0 radical (unpaired) electrons. The minimum Gasteiger partial charge on any atom is -0.444 e. The fraction of sp³-hybridized carbons (Fsp3) is 0.818. The number of hydrogen-bond acceptors (Lipinski definition) is 3. The molecule has 4 heteroatoms. The largest absolute Gasteiger partial charge is 0.444 e. The Morgan fingerprint density at radius 2 is 2.07 bits per heavy atom. The molecule has 0 bridgehead atoms. The molecule has 0 aromatic rings. The molecule has 1 amide bonds. The van der Waals surface area contributed by atoms with Gasteiger partial charge < -0.3 is 10.1 Å². The first-order valence-corrected chi connectivity index (χ1v) is 5.19. The minimum absolute atomic E-state index is 0.127. The third-order valence-corrected chi connectivity index (χ3v) is 2.02. The fourth-order valence-corrected chi connectivity index (χ4v) is 0.972. The summed E-state index contributed by atoms with van der Waals surface area (Å²) in [5.74, 6) is 0.127. The second-order valence-corrected chi connectivity index (χ2v) is 4.64. The third-order valence-electron chi connectivity index (χ3n) is 2.02. The van der Waals surface area contributed by atoms with E-state index in [4.69, 9.17) is 10.00 Å². The Labute approximate surface area is 91.6 Å². The maximum atomic E-state index is 11.4. The molecule has 1 N–H and O–H groups in total. The molecule has 0 aliphatic heterocycles. The Bertz CT molecular complexity index is 250. The predicted molar refractivity (Wildman–Crippen MR) is 58.2 cm³/mol. The molecule has 0 spiro atoms. The molecule has 4 nitrogen and oxygen atoms in total. The van der Waals surface area contributed by atoms with Crippen molar-refractivity contribution >= 4 is 6.09 Å². The number of nitrogens with one attached hydrogen (secondary N) is 1. The first-order valence-electron chi connectivity index (χ1n) is 5.19. The number of ether oxygens (including phenoxy) is 1. The van der Waals surface area contributed by atoms with Crippen LogP contribution in [-0.2, 0) is 4.74 Å². The second-order valence-electron chi connectivity index (χ2n) is 4.64. The van der Waals surface area contributed by atoms with Crippen LogP contribution in [0.4, 0.5) is 4.79 Å². The topological polar surface area (TPSA) is 62.1 Å². The van der Waals surface area contributed by atoms with Crippen molar-refractivity contribution in [2.24, 2.45) is 5.92 Å². The molecule has 0 saturated carbocycles. The molecule has 0 fully saturated rings. The summed E-state index contributed by atoms with van der Waals surface area (Å²) < 4.78 is 5.06. The van der Waals surface area contributed by atoms with Gasteiger partial charge in [-0.05, 0) is 26.7 Å². The number of alkyl carbamates (subject to hydrolysis) is 1. The van der Waals surface area contributed by atoms with Crippen LogP contribution in [0.15, 0.2) is 0 Å². The lowest BCUT2D eigenvalue weighted by atomic mass is 10.0. The number of nitrogens with zero attached hydrogens (tertiary/aromatic N) is 1. The monoisotopic (exact) mass is 212 g/mol. The van der Waals surface area contributed by atoms with Gasteiger partial charge in [-0.1, -0.05) is 20.3 Å². The van der Waals surface area contributed by atoms with E-state index in [1.165, 1.54) is 0 Å². The molecule has 0 saturated heterocycles. The first-order chi connectivity index (χ1) is 6.80. The lowest BCUT2D eigenvalue weighted by Crippen LogP contribution is -2.41. The smallest absolute Gasteiger partial charge is 0.408 e. The van der Waals surface area contributed by atoms with E-state index < -0.39 is 17.7 Å². The molecule has 2 atom stereocenters. The van der Waals surface area contributed by atoms with Crippen molar-refractivity contribution < 1.29 is 9.53 Å². The van der Waals surface area contributed by atoms with E-state index in [0.717, 1.165) is 6.42 Å². The van der Waals surface area contributed by atoms with Crippen LogP contribution < -0.4 is 5.32 Å². The molecule has 0 unspecified atom stereocenters. The van der Waals surface area contributed by atoms with Crippen molar-refractivity contribution in [2.75, 3.05) is 0 Å². The average molecular weight is 212 g/mol. The minimum atomic E-state index is -0.533. The number of amides is 1. The highest BCUT2D eigenvalue weighted by atomic mass is 16.6. The van der Waals surface area contributed by atoms with Gasteiger partial charge >= 0.3 is 6.09 Å². The molecular formula is C11H20N2O2. The molecule has 15 heavy (non-hydrogen) atoms. The van der Waals surface area contributed by atoms with Crippen molar-refractivity contribution in [3.63, 3.8) is 0 Å². The van der Waals surface area contributed by atoms with Gasteiger partial charge in [-0.3, -0.25) is 0 Å². The number of rotatable bonds is 3.